The molecule has 4 N–H and O–H groups in total. The van der Waals surface area contributed by atoms with Gasteiger partial charge in [-0.2, -0.15) is 0 Å². The van der Waals surface area contributed by atoms with Crippen molar-refractivity contribution in [3.63, 3.8) is 0 Å². The number of H-pyrrole nitrogens is 1. The zero-order valence-electron chi connectivity index (χ0n) is 15.9. The second-order valence-electron chi connectivity index (χ2n) is 7.24. The minimum Gasteiger partial charge on any atom is -0.365 e. The van der Waals surface area contributed by atoms with Gasteiger partial charge in [-0.15, -0.1) is 0 Å². The molecule has 0 radical (unpaired) electrons. The summed E-state index contributed by atoms with van der Waals surface area (Å²) in [6, 6.07) is 8.36. The molecule has 1 aromatic carbocycles. The number of aromatic amines is 1. The summed E-state index contributed by atoms with van der Waals surface area (Å²) in [5, 5.41) is 2.93. The first-order valence-corrected chi connectivity index (χ1v) is 9.36. The number of benzene rings is 1. The zero-order chi connectivity index (χ0) is 20.7. The van der Waals surface area contributed by atoms with Crippen LogP contribution in [0.15, 0.2) is 39.9 Å². The number of para-hydroxylation sites is 2. The zero-order valence-corrected chi connectivity index (χ0v) is 15.9. The van der Waals surface area contributed by atoms with Crippen LogP contribution in [0.4, 0.5) is 0 Å². The maximum atomic E-state index is 12.7. The molecule has 0 saturated heterocycles. The maximum Gasteiger partial charge on any atom is 0.329 e. The van der Waals surface area contributed by atoms with E-state index in [-0.39, 0.29) is 29.7 Å². The van der Waals surface area contributed by atoms with E-state index in [2.05, 4.69) is 10.3 Å². The number of imidazole rings is 1. The lowest BCUT2D eigenvalue weighted by Crippen LogP contribution is -2.37. The molecule has 0 aliphatic heterocycles. The average Bonchev–Trinajstić information content (AvgIpc) is 2.92. The van der Waals surface area contributed by atoms with Gasteiger partial charge in [0.05, 0.1) is 17.1 Å². The maximum absolute atomic E-state index is 12.7. The molecular formula is C20H21N5O4. The third kappa shape index (κ3) is 3.24. The Morgan fingerprint density at radius 1 is 1.24 bits per heavy atom. The number of primary amides is 1. The van der Waals surface area contributed by atoms with E-state index in [0.717, 1.165) is 11.9 Å². The Bertz CT molecular complexity index is 1250. The van der Waals surface area contributed by atoms with Crippen LogP contribution in [0.2, 0.25) is 0 Å². The highest BCUT2D eigenvalue weighted by molar-refractivity contribution is 5.92. The molecule has 3 aromatic rings. The topological polar surface area (TPSA) is 132 Å². The van der Waals surface area contributed by atoms with Gasteiger partial charge in [0.25, 0.3) is 11.5 Å². The summed E-state index contributed by atoms with van der Waals surface area (Å²) in [5.74, 6) is -1.14. The van der Waals surface area contributed by atoms with Gasteiger partial charge in [0.15, 0.2) is 0 Å². The quantitative estimate of drug-likeness (QED) is 0.587. The number of hydrogen-bond acceptors (Lipinski definition) is 4. The number of aryl methyl sites for hydroxylation is 2. The van der Waals surface area contributed by atoms with Gasteiger partial charge in [-0.25, -0.2) is 4.79 Å². The van der Waals surface area contributed by atoms with Crippen molar-refractivity contribution in [1.82, 2.24) is 19.4 Å². The fourth-order valence-electron chi connectivity index (χ4n) is 3.97. The normalized spacial score (nSPS) is 15.8. The third-order valence-corrected chi connectivity index (χ3v) is 5.41. The van der Waals surface area contributed by atoms with E-state index >= 15 is 0 Å². The summed E-state index contributed by atoms with van der Waals surface area (Å²) in [5.41, 5.74) is 7.16. The molecule has 29 heavy (non-hydrogen) atoms. The van der Waals surface area contributed by atoms with E-state index in [1.54, 1.807) is 13.1 Å². The summed E-state index contributed by atoms with van der Waals surface area (Å²) in [6.45, 7) is -0.127. The van der Waals surface area contributed by atoms with Crippen LogP contribution in [0.3, 0.4) is 0 Å². The number of nitrogens with one attached hydrogen (secondary N) is 2. The predicted molar refractivity (Wildman–Crippen MR) is 107 cm³/mol. The lowest BCUT2D eigenvalue weighted by atomic mass is 9.90. The predicted octanol–water partition coefficient (Wildman–Crippen LogP) is 0.321. The van der Waals surface area contributed by atoms with Crippen LogP contribution in [0, 0.1) is 0 Å². The molecule has 9 nitrogen and oxygen atoms in total. The van der Waals surface area contributed by atoms with Crippen LogP contribution in [0.1, 0.15) is 40.5 Å². The minimum atomic E-state index is -0.813. The summed E-state index contributed by atoms with van der Waals surface area (Å²) in [6.07, 6.45) is 2.09. The van der Waals surface area contributed by atoms with Crippen LogP contribution >= 0.6 is 0 Å². The second kappa shape index (κ2) is 7.08. The number of pyridine rings is 1. The highest BCUT2D eigenvalue weighted by atomic mass is 16.2. The lowest BCUT2D eigenvalue weighted by molar-refractivity contribution is -0.122. The second-order valence-corrected chi connectivity index (χ2v) is 7.24. The smallest absolute Gasteiger partial charge is 0.329 e. The summed E-state index contributed by atoms with van der Waals surface area (Å²) in [7, 11) is 1.66. The van der Waals surface area contributed by atoms with Gasteiger partial charge in [0, 0.05) is 12.7 Å². The van der Waals surface area contributed by atoms with Crippen molar-refractivity contribution in [2.24, 2.45) is 12.8 Å². The van der Waals surface area contributed by atoms with Crippen molar-refractivity contribution in [2.75, 3.05) is 0 Å². The Labute approximate surface area is 165 Å². The first-order valence-electron chi connectivity index (χ1n) is 9.36. The number of hydrogen-bond donors (Lipinski definition) is 3. The number of carbonyl (C=O) groups is 2. The molecule has 1 atom stereocenters. The molecular weight excluding hydrogens is 374 g/mol. The van der Waals surface area contributed by atoms with E-state index < -0.39 is 11.5 Å². The number of amides is 2. The lowest BCUT2D eigenvalue weighted by Gasteiger charge is -2.26. The Morgan fingerprint density at radius 2 is 1.97 bits per heavy atom. The van der Waals surface area contributed by atoms with Crippen molar-refractivity contribution in [3.05, 3.63) is 68.0 Å². The van der Waals surface area contributed by atoms with Crippen LogP contribution in [0.25, 0.3) is 11.0 Å². The Hall–Kier alpha value is -3.62. The molecule has 0 spiro atoms. The molecule has 150 valence electrons. The van der Waals surface area contributed by atoms with Crippen molar-refractivity contribution in [2.45, 2.75) is 31.8 Å². The van der Waals surface area contributed by atoms with Gasteiger partial charge in [0.1, 0.15) is 12.1 Å². The molecule has 4 rings (SSSR count). The summed E-state index contributed by atoms with van der Waals surface area (Å²) in [4.78, 5) is 51.5. The van der Waals surface area contributed by atoms with Crippen molar-refractivity contribution < 1.29 is 9.59 Å². The number of nitrogens with zero attached hydrogens (tertiary/aromatic N) is 2. The first kappa shape index (κ1) is 18.7. The fourth-order valence-corrected chi connectivity index (χ4v) is 3.97. The molecule has 0 bridgehead atoms. The molecule has 0 fully saturated rings. The molecule has 1 aliphatic carbocycles. The standard InChI is InChI=1S/C20H21N5O4/c1-24-15-7-2-3-8-16(15)25(20(24)29)10-17(26)22-13-5-4-6-14-11(13)9-12(18(21)27)19(28)23-14/h2-3,7-9,13H,4-6,10H2,1H3,(H2,21,27)(H,22,26)(H,23,28). The Kier molecular flexibility index (Phi) is 4.57. The molecule has 2 amide bonds. The van der Waals surface area contributed by atoms with E-state index in [4.69, 9.17) is 5.73 Å². The van der Waals surface area contributed by atoms with Crippen molar-refractivity contribution >= 4 is 22.8 Å². The van der Waals surface area contributed by atoms with Crippen LogP contribution in [-0.4, -0.2) is 25.9 Å². The number of aromatic nitrogens is 3. The van der Waals surface area contributed by atoms with Gasteiger partial charge in [-0.05, 0) is 43.0 Å². The molecule has 1 unspecified atom stereocenters. The fraction of sp³-hybridized carbons (Fsp3) is 0.300. The van der Waals surface area contributed by atoms with E-state index in [0.29, 0.717) is 29.6 Å². The van der Waals surface area contributed by atoms with Gasteiger partial charge in [-0.1, -0.05) is 12.1 Å². The van der Waals surface area contributed by atoms with E-state index in [1.165, 1.54) is 15.2 Å². The highest BCUT2D eigenvalue weighted by Crippen LogP contribution is 2.28. The molecule has 2 heterocycles. The number of nitrogens with two attached hydrogens (primary N) is 1. The summed E-state index contributed by atoms with van der Waals surface area (Å²) < 4.78 is 2.93. The molecule has 1 aliphatic rings. The summed E-state index contributed by atoms with van der Waals surface area (Å²) >= 11 is 0. The van der Waals surface area contributed by atoms with Crippen LogP contribution < -0.4 is 22.3 Å². The monoisotopic (exact) mass is 395 g/mol. The van der Waals surface area contributed by atoms with E-state index in [9.17, 15) is 19.2 Å². The molecule has 0 saturated carbocycles. The van der Waals surface area contributed by atoms with Gasteiger partial charge >= 0.3 is 5.69 Å². The SMILES string of the molecule is Cn1c(=O)n(CC(=O)NC2CCCc3[nH]c(=O)c(C(N)=O)cc32)c2ccccc21. The number of fused-ring (bicyclic) bond motifs is 2. The highest BCUT2D eigenvalue weighted by Gasteiger charge is 2.25. The molecule has 2 aromatic heterocycles. The average molecular weight is 395 g/mol. The minimum absolute atomic E-state index is 0.127. The first-order chi connectivity index (χ1) is 13.9. The van der Waals surface area contributed by atoms with Crippen LogP contribution in [0.5, 0.6) is 0 Å². The molecule has 9 heteroatoms. The number of carbonyl (C=O) groups excluding carboxylic acids is 2. The van der Waals surface area contributed by atoms with Crippen molar-refractivity contribution in [1.29, 1.82) is 0 Å². The number of rotatable bonds is 4. The van der Waals surface area contributed by atoms with E-state index in [1.807, 2.05) is 18.2 Å². The van der Waals surface area contributed by atoms with Gasteiger partial charge in [0.2, 0.25) is 5.91 Å². The van der Waals surface area contributed by atoms with Crippen molar-refractivity contribution in [3.8, 4) is 0 Å². The Balaban J connectivity index is 1.62. The largest absolute Gasteiger partial charge is 0.365 e. The van der Waals surface area contributed by atoms with Gasteiger partial charge < -0.3 is 16.0 Å². The van der Waals surface area contributed by atoms with Gasteiger partial charge in [-0.3, -0.25) is 23.5 Å². The Morgan fingerprint density at radius 3 is 2.69 bits per heavy atom. The third-order valence-electron chi connectivity index (χ3n) is 5.41. The van der Waals surface area contributed by atoms with Crippen LogP contribution in [-0.2, 0) is 24.8 Å².